The minimum atomic E-state index is -0.490. The third-order valence-corrected chi connectivity index (χ3v) is 5.39. The van der Waals surface area contributed by atoms with Gasteiger partial charge in [-0.05, 0) is 48.2 Å². The molecule has 1 aromatic heterocycles. The molecule has 1 heterocycles. The molecule has 150 valence electrons. The smallest absolute Gasteiger partial charge is 0.343 e. The van der Waals surface area contributed by atoms with Gasteiger partial charge in [-0.3, -0.25) is 4.79 Å². The van der Waals surface area contributed by atoms with E-state index in [-0.39, 0.29) is 18.3 Å². The standard InChI is InChI=1S/C22H21FN2O4/c1-28-19(26)12-29-18-4-2-3-16-21(18)20-15(22(24)27)9-10-17(20)25(16)11-13-5-7-14(23)8-6-13/h2-8,15H,9-12H2,1H3,(H2,24,27). The van der Waals surface area contributed by atoms with Gasteiger partial charge >= 0.3 is 5.97 Å². The second kappa shape index (κ2) is 7.58. The first-order valence-corrected chi connectivity index (χ1v) is 9.37. The van der Waals surface area contributed by atoms with Crippen LogP contribution in [0.5, 0.6) is 5.75 Å². The number of hydrogen-bond donors (Lipinski definition) is 1. The fourth-order valence-electron chi connectivity index (χ4n) is 4.07. The minimum absolute atomic E-state index is 0.227. The van der Waals surface area contributed by atoms with Crippen LogP contribution >= 0.6 is 0 Å². The van der Waals surface area contributed by atoms with Crippen molar-refractivity contribution in [3.05, 3.63) is 65.1 Å². The van der Waals surface area contributed by atoms with Crippen LogP contribution in [0.25, 0.3) is 10.9 Å². The van der Waals surface area contributed by atoms with E-state index in [4.69, 9.17) is 10.5 Å². The molecule has 0 fully saturated rings. The van der Waals surface area contributed by atoms with E-state index in [1.165, 1.54) is 19.2 Å². The molecule has 0 radical (unpaired) electrons. The van der Waals surface area contributed by atoms with Gasteiger partial charge < -0.3 is 19.8 Å². The van der Waals surface area contributed by atoms with E-state index >= 15 is 0 Å². The summed E-state index contributed by atoms with van der Waals surface area (Å²) in [5.41, 5.74) is 9.37. The Balaban J connectivity index is 1.85. The molecule has 1 aliphatic carbocycles. The number of carbonyl (C=O) groups excluding carboxylic acids is 2. The number of fused-ring (bicyclic) bond motifs is 3. The third kappa shape index (κ3) is 3.44. The number of hydrogen-bond acceptors (Lipinski definition) is 4. The molecule has 0 aliphatic heterocycles. The molecular formula is C22H21FN2O4. The molecule has 7 heteroatoms. The van der Waals surface area contributed by atoms with E-state index < -0.39 is 11.9 Å². The largest absolute Gasteiger partial charge is 0.481 e. The lowest BCUT2D eigenvalue weighted by Crippen LogP contribution is -2.19. The minimum Gasteiger partial charge on any atom is -0.481 e. The van der Waals surface area contributed by atoms with Gasteiger partial charge in [-0.25, -0.2) is 9.18 Å². The van der Waals surface area contributed by atoms with Gasteiger partial charge in [-0.1, -0.05) is 18.2 Å². The first-order chi connectivity index (χ1) is 14.0. The molecule has 3 aromatic rings. The van der Waals surface area contributed by atoms with Crippen molar-refractivity contribution in [1.29, 1.82) is 0 Å². The van der Waals surface area contributed by atoms with E-state index in [1.807, 2.05) is 12.1 Å². The highest BCUT2D eigenvalue weighted by molar-refractivity contribution is 5.97. The van der Waals surface area contributed by atoms with Crippen molar-refractivity contribution in [2.45, 2.75) is 25.3 Å². The van der Waals surface area contributed by atoms with Gasteiger partial charge in [-0.15, -0.1) is 0 Å². The first-order valence-electron chi connectivity index (χ1n) is 9.37. The van der Waals surface area contributed by atoms with Crippen molar-refractivity contribution in [1.82, 2.24) is 4.57 Å². The average molecular weight is 396 g/mol. The predicted octanol–water partition coefficient (Wildman–Crippen LogP) is 2.90. The Labute approximate surface area is 167 Å². The number of esters is 1. The maximum absolute atomic E-state index is 13.3. The second-order valence-corrected chi connectivity index (χ2v) is 7.08. The molecule has 2 N–H and O–H groups in total. The quantitative estimate of drug-likeness (QED) is 0.650. The zero-order valence-corrected chi connectivity index (χ0v) is 16.0. The van der Waals surface area contributed by atoms with Gasteiger partial charge in [0.25, 0.3) is 0 Å². The van der Waals surface area contributed by atoms with Crippen LogP contribution in [-0.2, 0) is 27.3 Å². The van der Waals surface area contributed by atoms with Gasteiger partial charge in [-0.2, -0.15) is 0 Å². The highest BCUT2D eigenvalue weighted by Crippen LogP contribution is 2.44. The molecule has 1 unspecified atom stereocenters. The average Bonchev–Trinajstić information content (AvgIpc) is 3.27. The normalized spacial score (nSPS) is 15.3. The molecule has 6 nitrogen and oxygen atoms in total. The summed E-state index contributed by atoms with van der Waals surface area (Å²) in [6, 6.07) is 11.9. The number of methoxy groups -OCH3 is 1. The number of benzene rings is 2. The lowest BCUT2D eigenvalue weighted by atomic mass is 9.99. The second-order valence-electron chi connectivity index (χ2n) is 7.08. The summed E-state index contributed by atoms with van der Waals surface area (Å²) in [5, 5.41) is 0.787. The molecule has 4 rings (SSSR count). The molecule has 29 heavy (non-hydrogen) atoms. The number of amides is 1. The van der Waals surface area contributed by atoms with Crippen LogP contribution in [-0.4, -0.2) is 30.2 Å². The topological polar surface area (TPSA) is 83.6 Å². The molecule has 2 aromatic carbocycles. The fraction of sp³-hybridized carbons (Fsp3) is 0.273. The predicted molar refractivity (Wildman–Crippen MR) is 105 cm³/mol. The lowest BCUT2D eigenvalue weighted by molar-refractivity contribution is -0.142. The summed E-state index contributed by atoms with van der Waals surface area (Å²) < 4.78 is 25.8. The van der Waals surface area contributed by atoms with E-state index in [1.54, 1.807) is 18.2 Å². The van der Waals surface area contributed by atoms with Crippen LogP contribution in [0.15, 0.2) is 42.5 Å². The monoisotopic (exact) mass is 396 g/mol. The Bertz CT molecular complexity index is 1090. The lowest BCUT2D eigenvalue weighted by Gasteiger charge is -2.12. The van der Waals surface area contributed by atoms with Crippen LogP contribution in [0.4, 0.5) is 4.39 Å². The molecule has 1 atom stereocenters. The summed E-state index contributed by atoms with van der Waals surface area (Å²) in [4.78, 5) is 23.6. The van der Waals surface area contributed by atoms with Crippen LogP contribution < -0.4 is 10.5 Å². The van der Waals surface area contributed by atoms with Crippen LogP contribution in [0.3, 0.4) is 0 Å². The Morgan fingerprint density at radius 2 is 1.97 bits per heavy atom. The Morgan fingerprint density at radius 3 is 2.66 bits per heavy atom. The summed E-state index contributed by atoms with van der Waals surface area (Å²) in [6.45, 7) is 0.298. The highest BCUT2D eigenvalue weighted by Gasteiger charge is 2.34. The van der Waals surface area contributed by atoms with Crippen LogP contribution in [0, 0.1) is 5.82 Å². The molecule has 1 amide bonds. The van der Waals surface area contributed by atoms with Crippen molar-refractivity contribution in [3.63, 3.8) is 0 Å². The third-order valence-electron chi connectivity index (χ3n) is 5.39. The van der Waals surface area contributed by atoms with Crippen molar-refractivity contribution in [2.75, 3.05) is 13.7 Å². The highest BCUT2D eigenvalue weighted by atomic mass is 19.1. The Kier molecular flexibility index (Phi) is 4.96. The van der Waals surface area contributed by atoms with Gasteiger partial charge in [0, 0.05) is 17.6 Å². The van der Waals surface area contributed by atoms with Crippen LogP contribution in [0.2, 0.25) is 0 Å². The number of aromatic nitrogens is 1. The number of ether oxygens (including phenoxy) is 2. The zero-order chi connectivity index (χ0) is 20.5. The van der Waals surface area contributed by atoms with Crippen LogP contribution in [0.1, 0.15) is 29.2 Å². The molecule has 0 bridgehead atoms. The number of nitrogens with zero attached hydrogens (tertiary/aromatic N) is 1. The zero-order valence-electron chi connectivity index (χ0n) is 16.0. The Hall–Kier alpha value is -3.35. The van der Waals surface area contributed by atoms with Crippen molar-refractivity contribution < 1.29 is 23.5 Å². The summed E-state index contributed by atoms with van der Waals surface area (Å²) >= 11 is 0. The molecule has 1 aliphatic rings. The van der Waals surface area contributed by atoms with E-state index in [0.29, 0.717) is 25.1 Å². The molecule has 0 spiro atoms. The van der Waals surface area contributed by atoms with Gasteiger partial charge in [0.05, 0.1) is 18.5 Å². The Morgan fingerprint density at radius 1 is 1.21 bits per heavy atom. The number of rotatable bonds is 6. The van der Waals surface area contributed by atoms with Gasteiger partial charge in [0.2, 0.25) is 5.91 Å². The van der Waals surface area contributed by atoms with Gasteiger partial charge in [0.15, 0.2) is 6.61 Å². The first kappa shape index (κ1) is 19.0. The maximum Gasteiger partial charge on any atom is 0.343 e. The van der Waals surface area contributed by atoms with Gasteiger partial charge in [0.1, 0.15) is 11.6 Å². The fourth-order valence-corrected chi connectivity index (χ4v) is 4.07. The summed E-state index contributed by atoms with van der Waals surface area (Å²) in [5.74, 6) is -1.06. The van der Waals surface area contributed by atoms with Crippen molar-refractivity contribution in [2.24, 2.45) is 5.73 Å². The number of halogens is 1. The van der Waals surface area contributed by atoms with E-state index in [0.717, 1.165) is 27.7 Å². The number of carbonyl (C=O) groups is 2. The van der Waals surface area contributed by atoms with Crippen molar-refractivity contribution >= 4 is 22.8 Å². The molecular weight excluding hydrogens is 375 g/mol. The van der Waals surface area contributed by atoms with Crippen molar-refractivity contribution in [3.8, 4) is 5.75 Å². The summed E-state index contributed by atoms with van der Waals surface area (Å²) in [6.07, 6.45) is 1.33. The molecule has 0 saturated carbocycles. The van der Waals surface area contributed by atoms with E-state index in [2.05, 4.69) is 9.30 Å². The SMILES string of the molecule is COC(=O)COc1cccc2c1c1c(n2Cc2ccc(F)cc2)CCC1C(N)=O. The van der Waals surface area contributed by atoms with E-state index in [9.17, 15) is 14.0 Å². The molecule has 0 saturated heterocycles. The summed E-state index contributed by atoms with van der Waals surface area (Å²) in [7, 11) is 1.30. The maximum atomic E-state index is 13.3. The number of nitrogens with two attached hydrogens (primary N) is 1. The number of primary amides is 1.